The highest BCUT2D eigenvalue weighted by molar-refractivity contribution is 5.82. The lowest BCUT2D eigenvalue weighted by molar-refractivity contribution is -0.136. The van der Waals surface area contributed by atoms with E-state index in [-0.39, 0.29) is 17.5 Å². The summed E-state index contributed by atoms with van der Waals surface area (Å²) in [5.41, 5.74) is 0.0561. The zero-order chi connectivity index (χ0) is 12.7. The third-order valence-corrected chi connectivity index (χ3v) is 4.84. The highest BCUT2D eigenvalue weighted by Crippen LogP contribution is 2.33. The molecule has 0 N–H and O–H groups in total. The van der Waals surface area contributed by atoms with E-state index in [9.17, 15) is 4.79 Å². The van der Waals surface area contributed by atoms with Crippen LogP contribution in [0.3, 0.4) is 0 Å². The summed E-state index contributed by atoms with van der Waals surface area (Å²) in [6.07, 6.45) is 0.878. The molecule has 0 bridgehead atoms. The van der Waals surface area contributed by atoms with E-state index in [4.69, 9.17) is 0 Å². The predicted molar refractivity (Wildman–Crippen MR) is 67.3 cm³/mol. The Morgan fingerprint density at radius 1 is 1.25 bits per heavy atom. The van der Waals surface area contributed by atoms with E-state index in [0.717, 1.165) is 6.42 Å². The van der Waals surface area contributed by atoms with Gasteiger partial charge in [-0.15, -0.1) is 0 Å². The van der Waals surface area contributed by atoms with Crippen molar-refractivity contribution in [2.75, 3.05) is 14.1 Å². The van der Waals surface area contributed by atoms with Crippen molar-refractivity contribution in [1.82, 2.24) is 9.80 Å². The summed E-state index contributed by atoms with van der Waals surface area (Å²) in [6, 6.07) is 0.314. The summed E-state index contributed by atoms with van der Waals surface area (Å²) >= 11 is 0. The van der Waals surface area contributed by atoms with Crippen LogP contribution < -0.4 is 0 Å². The number of hydrogen-bond acceptors (Lipinski definition) is 2. The van der Waals surface area contributed by atoms with Crippen LogP contribution in [0.1, 0.15) is 41.0 Å². The first kappa shape index (κ1) is 13.5. The molecular formula is C13H26N2O. The molecular weight excluding hydrogens is 200 g/mol. The molecule has 1 aliphatic rings. The normalized spacial score (nSPS) is 36.3. The van der Waals surface area contributed by atoms with Crippen LogP contribution in [0.15, 0.2) is 0 Å². The van der Waals surface area contributed by atoms with E-state index < -0.39 is 0 Å². The molecule has 0 aliphatic carbocycles. The van der Waals surface area contributed by atoms with Gasteiger partial charge in [0.25, 0.3) is 0 Å². The molecule has 1 amide bonds. The second kappa shape index (κ2) is 4.36. The Hall–Kier alpha value is -0.570. The molecule has 0 saturated carbocycles. The fraction of sp³-hybridized carbons (Fsp3) is 0.923. The maximum absolute atomic E-state index is 12.3. The number of likely N-dealkylation sites (N-methyl/N-ethyl adjacent to an activating group) is 2. The van der Waals surface area contributed by atoms with Crippen LogP contribution in [0.5, 0.6) is 0 Å². The number of rotatable bonds is 1. The van der Waals surface area contributed by atoms with Gasteiger partial charge in [0.2, 0.25) is 5.91 Å². The molecule has 0 spiro atoms. The van der Waals surface area contributed by atoms with E-state index in [2.05, 4.69) is 46.6 Å². The Bertz CT molecular complexity index is 275. The van der Waals surface area contributed by atoms with Gasteiger partial charge in [0.1, 0.15) is 0 Å². The molecule has 1 saturated heterocycles. The first-order valence-corrected chi connectivity index (χ1v) is 6.24. The fourth-order valence-corrected chi connectivity index (χ4v) is 2.70. The zero-order valence-corrected chi connectivity index (χ0v) is 11.7. The van der Waals surface area contributed by atoms with Crippen LogP contribution in [-0.4, -0.2) is 47.4 Å². The molecule has 1 aliphatic heterocycles. The minimum absolute atomic E-state index is 0.0207. The van der Waals surface area contributed by atoms with Gasteiger partial charge in [-0.05, 0) is 40.2 Å². The van der Waals surface area contributed by atoms with Crippen molar-refractivity contribution >= 4 is 5.91 Å². The summed E-state index contributed by atoms with van der Waals surface area (Å²) in [5, 5.41) is 0. The van der Waals surface area contributed by atoms with Crippen molar-refractivity contribution in [3.8, 4) is 0 Å². The monoisotopic (exact) mass is 226 g/mol. The van der Waals surface area contributed by atoms with Crippen LogP contribution in [0.4, 0.5) is 0 Å². The molecule has 1 fully saturated rings. The summed E-state index contributed by atoms with van der Waals surface area (Å²) in [4.78, 5) is 16.5. The molecule has 1 heterocycles. The smallest absolute Gasteiger partial charge is 0.239 e. The maximum Gasteiger partial charge on any atom is 0.239 e. The average Bonchev–Trinajstić information content (AvgIpc) is 2.28. The number of carbonyl (C=O) groups is 1. The van der Waals surface area contributed by atoms with Crippen molar-refractivity contribution < 1.29 is 4.79 Å². The van der Waals surface area contributed by atoms with Crippen LogP contribution in [0, 0.1) is 5.92 Å². The Balaban J connectivity index is 3.17. The summed E-state index contributed by atoms with van der Waals surface area (Å²) in [7, 11) is 4.01. The zero-order valence-electron chi connectivity index (χ0n) is 11.7. The average molecular weight is 226 g/mol. The van der Waals surface area contributed by atoms with E-state index in [1.54, 1.807) is 0 Å². The van der Waals surface area contributed by atoms with Crippen LogP contribution in [0.25, 0.3) is 0 Å². The highest BCUT2D eigenvalue weighted by Gasteiger charge is 2.44. The van der Waals surface area contributed by atoms with E-state index in [1.165, 1.54) is 0 Å². The lowest BCUT2D eigenvalue weighted by Gasteiger charge is -2.42. The van der Waals surface area contributed by atoms with Gasteiger partial charge < -0.3 is 4.90 Å². The fourth-order valence-electron chi connectivity index (χ4n) is 2.70. The molecule has 0 aromatic rings. The topological polar surface area (TPSA) is 23.6 Å². The van der Waals surface area contributed by atoms with Crippen LogP contribution in [0.2, 0.25) is 0 Å². The van der Waals surface area contributed by atoms with Crippen LogP contribution in [-0.2, 0) is 4.79 Å². The molecule has 0 aromatic carbocycles. The standard InChI is InChI=1S/C13H26N2O/c1-8-11-12(16)14(6)10(3)9(2)13(4,5)15(11)7/h9-11H,8H2,1-7H3. The third-order valence-electron chi connectivity index (χ3n) is 4.84. The molecule has 0 radical (unpaired) electrons. The quantitative estimate of drug-likeness (QED) is 0.682. The van der Waals surface area contributed by atoms with E-state index in [1.807, 2.05) is 11.9 Å². The van der Waals surface area contributed by atoms with Crippen molar-refractivity contribution in [3.05, 3.63) is 0 Å². The van der Waals surface area contributed by atoms with Gasteiger partial charge in [-0.3, -0.25) is 9.69 Å². The maximum atomic E-state index is 12.3. The predicted octanol–water partition coefficient (Wildman–Crippen LogP) is 1.97. The van der Waals surface area contributed by atoms with Gasteiger partial charge in [-0.2, -0.15) is 0 Å². The number of carbonyl (C=O) groups excluding carboxylic acids is 1. The lowest BCUT2D eigenvalue weighted by Crippen LogP contribution is -2.52. The molecule has 94 valence electrons. The van der Waals surface area contributed by atoms with Gasteiger partial charge in [0.15, 0.2) is 0 Å². The SMILES string of the molecule is CCC1C(=O)N(C)C(C)C(C)C(C)(C)N1C. The highest BCUT2D eigenvalue weighted by atomic mass is 16.2. The first-order chi connectivity index (χ1) is 7.25. The van der Waals surface area contributed by atoms with Crippen molar-refractivity contribution in [2.45, 2.75) is 58.7 Å². The molecule has 3 heteroatoms. The number of amides is 1. The van der Waals surface area contributed by atoms with Gasteiger partial charge >= 0.3 is 0 Å². The van der Waals surface area contributed by atoms with Crippen molar-refractivity contribution in [1.29, 1.82) is 0 Å². The molecule has 0 aromatic heterocycles. The summed E-state index contributed by atoms with van der Waals surface area (Å²) in [6.45, 7) is 11.0. The minimum atomic E-state index is 0.0207. The van der Waals surface area contributed by atoms with Crippen LogP contribution >= 0.6 is 0 Å². The Morgan fingerprint density at radius 3 is 2.19 bits per heavy atom. The van der Waals surface area contributed by atoms with Gasteiger partial charge in [0, 0.05) is 18.6 Å². The molecule has 3 unspecified atom stereocenters. The largest absolute Gasteiger partial charge is 0.341 e. The van der Waals surface area contributed by atoms with Gasteiger partial charge in [-0.1, -0.05) is 13.8 Å². The van der Waals surface area contributed by atoms with E-state index >= 15 is 0 Å². The van der Waals surface area contributed by atoms with Crippen molar-refractivity contribution in [3.63, 3.8) is 0 Å². The molecule has 1 rings (SSSR count). The van der Waals surface area contributed by atoms with Gasteiger partial charge in [-0.25, -0.2) is 0 Å². The summed E-state index contributed by atoms with van der Waals surface area (Å²) in [5.74, 6) is 0.720. The number of hydrogen-bond donors (Lipinski definition) is 0. The third kappa shape index (κ3) is 1.86. The molecule has 3 nitrogen and oxygen atoms in total. The van der Waals surface area contributed by atoms with Crippen molar-refractivity contribution in [2.24, 2.45) is 5.92 Å². The Kier molecular flexibility index (Phi) is 3.68. The lowest BCUT2D eigenvalue weighted by atomic mass is 9.82. The second-order valence-corrected chi connectivity index (χ2v) is 5.67. The number of nitrogens with zero attached hydrogens (tertiary/aromatic N) is 2. The van der Waals surface area contributed by atoms with E-state index in [0.29, 0.717) is 12.0 Å². The molecule has 3 atom stereocenters. The molecule has 16 heavy (non-hydrogen) atoms. The Labute approximate surface area is 99.8 Å². The first-order valence-electron chi connectivity index (χ1n) is 6.24. The second-order valence-electron chi connectivity index (χ2n) is 5.67. The Morgan fingerprint density at radius 2 is 1.75 bits per heavy atom. The van der Waals surface area contributed by atoms with Gasteiger partial charge in [0.05, 0.1) is 6.04 Å². The summed E-state index contributed by atoms with van der Waals surface area (Å²) < 4.78 is 0. The minimum Gasteiger partial charge on any atom is -0.341 e.